The van der Waals surface area contributed by atoms with Gasteiger partial charge in [0.1, 0.15) is 5.75 Å². The molecule has 1 aliphatic heterocycles. The Morgan fingerprint density at radius 3 is 2.84 bits per heavy atom. The van der Waals surface area contributed by atoms with Crippen molar-refractivity contribution in [3.8, 4) is 16.2 Å². The molecule has 4 heteroatoms. The summed E-state index contributed by atoms with van der Waals surface area (Å²) in [6, 6.07) is 10.5. The minimum absolute atomic E-state index is 0.824. The highest BCUT2D eigenvalue weighted by molar-refractivity contribution is 7.14. The summed E-state index contributed by atoms with van der Waals surface area (Å²) in [6.07, 6.45) is 0. The van der Waals surface area contributed by atoms with Gasteiger partial charge in [-0.3, -0.25) is 0 Å². The number of methoxy groups -OCH3 is 1. The molecule has 0 unspecified atom stereocenters. The molecule has 1 saturated heterocycles. The number of rotatable bonds is 3. The molecule has 0 spiro atoms. The number of hydrogen-bond acceptors (Lipinski definition) is 4. The molecule has 1 aromatic carbocycles. The molecule has 0 atom stereocenters. The number of nitrogens with zero attached hydrogens (tertiary/aromatic N) is 1. The van der Waals surface area contributed by atoms with E-state index in [1.807, 2.05) is 12.1 Å². The number of morpholine rings is 1. The van der Waals surface area contributed by atoms with Crippen molar-refractivity contribution in [3.63, 3.8) is 0 Å². The molecule has 0 aliphatic carbocycles. The Morgan fingerprint density at radius 1 is 1.21 bits per heavy atom. The Kier molecular flexibility index (Phi) is 3.71. The van der Waals surface area contributed by atoms with Crippen LogP contribution in [0.5, 0.6) is 5.75 Å². The van der Waals surface area contributed by atoms with Crippen molar-refractivity contribution in [2.24, 2.45) is 0 Å². The fourth-order valence-electron chi connectivity index (χ4n) is 2.24. The summed E-state index contributed by atoms with van der Waals surface area (Å²) in [6.45, 7) is 3.61. The number of benzene rings is 1. The van der Waals surface area contributed by atoms with Gasteiger partial charge in [-0.1, -0.05) is 12.1 Å². The van der Waals surface area contributed by atoms with Gasteiger partial charge in [0.05, 0.1) is 20.3 Å². The third kappa shape index (κ3) is 2.74. The van der Waals surface area contributed by atoms with Gasteiger partial charge in [-0.15, -0.1) is 11.3 Å². The van der Waals surface area contributed by atoms with Crippen molar-refractivity contribution in [2.45, 2.75) is 0 Å². The molecule has 2 aromatic rings. The molecule has 0 N–H and O–H groups in total. The van der Waals surface area contributed by atoms with Crippen molar-refractivity contribution in [3.05, 3.63) is 35.7 Å². The standard InChI is InChI=1S/C15H17NO2S/c1-17-14-4-2-3-12(9-14)15-10-13(11-19-15)16-5-7-18-8-6-16/h2-4,9-11H,5-8H2,1H3. The zero-order valence-electron chi connectivity index (χ0n) is 11.0. The van der Waals surface area contributed by atoms with E-state index in [1.54, 1.807) is 18.4 Å². The minimum Gasteiger partial charge on any atom is -0.497 e. The van der Waals surface area contributed by atoms with Crippen LogP contribution in [0.25, 0.3) is 10.4 Å². The summed E-state index contributed by atoms with van der Waals surface area (Å²) in [4.78, 5) is 3.66. The molecule has 0 bridgehead atoms. The zero-order chi connectivity index (χ0) is 13.1. The van der Waals surface area contributed by atoms with E-state index < -0.39 is 0 Å². The van der Waals surface area contributed by atoms with Crippen LogP contribution < -0.4 is 9.64 Å². The lowest BCUT2D eigenvalue weighted by molar-refractivity contribution is 0.123. The Morgan fingerprint density at radius 2 is 2.05 bits per heavy atom. The third-order valence-electron chi connectivity index (χ3n) is 3.32. The molecule has 0 saturated carbocycles. The van der Waals surface area contributed by atoms with Crippen LogP contribution in [0.3, 0.4) is 0 Å². The Bertz CT molecular complexity index is 547. The van der Waals surface area contributed by atoms with E-state index in [9.17, 15) is 0 Å². The van der Waals surface area contributed by atoms with Crippen LogP contribution in [0.2, 0.25) is 0 Å². The van der Waals surface area contributed by atoms with Crippen LogP contribution >= 0.6 is 11.3 Å². The average Bonchev–Trinajstić information content (AvgIpc) is 2.98. The van der Waals surface area contributed by atoms with Crippen molar-refractivity contribution in [2.75, 3.05) is 38.3 Å². The van der Waals surface area contributed by atoms with Gasteiger partial charge < -0.3 is 14.4 Å². The SMILES string of the molecule is COc1cccc(-c2cc(N3CCOCC3)cs2)c1. The summed E-state index contributed by atoms with van der Waals surface area (Å²) in [5, 5.41) is 2.22. The maximum absolute atomic E-state index is 5.39. The van der Waals surface area contributed by atoms with Crippen molar-refractivity contribution in [1.82, 2.24) is 0 Å². The van der Waals surface area contributed by atoms with Gasteiger partial charge in [0.2, 0.25) is 0 Å². The lowest BCUT2D eigenvalue weighted by Crippen LogP contribution is -2.35. The summed E-state index contributed by atoms with van der Waals surface area (Å²) in [7, 11) is 1.70. The Hall–Kier alpha value is -1.52. The molecule has 3 nitrogen and oxygen atoms in total. The van der Waals surface area contributed by atoms with Crippen LogP contribution in [-0.2, 0) is 4.74 Å². The van der Waals surface area contributed by atoms with Crippen molar-refractivity contribution >= 4 is 17.0 Å². The summed E-state index contributed by atoms with van der Waals surface area (Å²) < 4.78 is 10.7. The lowest BCUT2D eigenvalue weighted by Gasteiger charge is -2.27. The summed E-state index contributed by atoms with van der Waals surface area (Å²) >= 11 is 1.78. The first-order chi connectivity index (χ1) is 9.36. The highest BCUT2D eigenvalue weighted by Crippen LogP contribution is 2.33. The van der Waals surface area contributed by atoms with Crippen LogP contribution in [0.4, 0.5) is 5.69 Å². The highest BCUT2D eigenvalue weighted by atomic mass is 32.1. The van der Waals surface area contributed by atoms with Gasteiger partial charge in [0, 0.05) is 29.0 Å². The lowest BCUT2D eigenvalue weighted by atomic mass is 10.2. The molecule has 19 heavy (non-hydrogen) atoms. The first-order valence-corrected chi connectivity index (χ1v) is 7.30. The number of ether oxygens (including phenoxy) is 2. The van der Waals surface area contributed by atoms with E-state index >= 15 is 0 Å². The second kappa shape index (κ2) is 5.63. The van der Waals surface area contributed by atoms with Crippen molar-refractivity contribution < 1.29 is 9.47 Å². The predicted octanol–water partition coefficient (Wildman–Crippen LogP) is 3.26. The van der Waals surface area contributed by atoms with Gasteiger partial charge in [0.15, 0.2) is 0 Å². The molecule has 0 amide bonds. The van der Waals surface area contributed by atoms with E-state index in [1.165, 1.54) is 16.1 Å². The Labute approximate surface area is 117 Å². The zero-order valence-corrected chi connectivity index (χ0v) is 11.8. The molecule has 3 rings (SSSR count). The van der Waals surface area contributed by atoms with E-state index in [-0.39, 0.29) is 0 Å². The number of anilines is 1. The summed E-state index contributed by atoms with van der Waals surface area (Å²) in [5.74, 6) is 0.902. The predicted molar refractivity (Wildman–Crippen MR) is 79.3 cm³/mol. The number of hydrogen-bond donors (Lipinski definition) is 0. The topological polar surface area (TPSA) is 21.7 Å². The maximum atomic E-state index is 5.39. The fraction of sp³-hybridized carbons (Fsp3) is 0.333. The number of thiophene rings is 1. The van der Waals surface area contributed by atoms with Crippen LogP contribution in [-0.4, -0.2) is 33.4 Å². The normalized spacial score (nSPS) is 15.5. The van der Waals surface area contributed by atoms with E-state index in [2.05, 4.69) is 28.5 Å². The maximum Gasteiger partial charge on any atom is 0.119 e. The monoisotopic (exact) mass is 275 g/mol. The highest BCUT2D eigenvalue weighted by Gasteiger charge is 2.13. The minimum atomic E-state index is 0.824. The summed E-state index contributed by atoms with van der Waals surface area (Å²) in [5.41, 5.74) is 2.51. The third-order valence-corrected chi connectivity index (χ3v) is 4.28. The molecule has 0 radical (unpaired) electrons. The van der Waals surface area contributed by atoms with Crippen LogP contribution in [0.1, 0.15) is 0 Å². The first kappa shape index (κ1) is 12.5. The van der Waals surface area contributed by atoms with Crippen molar-refractivity contribution in [1.29, 1.82) is 0 Å². The molecular formula is C15H17NO2S. The Balaban J connectivity index is 1.83. The smallest absolute Gasteiger partial charge is 0.119 e. The second-order valence-corrected chi connectivity index (χ2v) is 5.41. The van der Waals surface area contributed by atoms with Gasteiger partial charge in [-0.2, -0.15) is 0 Å². The second-order valence-electron chi connectivity index (χ2n) is 4.50. The molecule has 1 aliphatic rings. The molecule has 1 aromatic heterocycles. The van der Waals surface area contributed by atoms with Crippen LogP contribution in [0, 0.1) is 0 Å². The molecule has 1 fully saturated rings. The van der Waals surface area contributed by atoms with Crippen LogP contribution in [0.15, 0.2) is 35.7 Å². The van der Waals surface area contributed by atoms with E-state index in [0.29, 0.717) is 0 Å². The van der Waals surface area contributed by atoms with Gasteiger partial charge in [-0.05, 0) is 23.8 Å². The van der Waals surface area contributed by atoms with Gasteiger partial charge in [-0.25, -0.2) is 0 Å². The van der Waals surface area contributed by atoms with Gasteiger partial charge >= 0.3 is 0 Å². The fourth-order valence-corrected chi connectivity index (χ4v) is 3.16. The average molecular weight is 275 g/mol. The molecule has 100 valence electrons. The first-order valence-electron chi connectivity index (χ1n) is 6.42. The van der Waals surface area contributed by atoms with Gasteiger partial charge in [0.25, 0.3) is 0 Å². The molecular weight excluding hydrogens is 258 g/mol. The van der Waals surface area contributed by atoms with E-state index in [0.717, 1.165) is 32.1 Å². The largest absolute Gasteiger partial charge is 0.497 e. The quantitative estimate of drug-likeness (QED) is 0.858. The molecule has 2 heterocycles. The van der Waals surface area contributed by atoms with E-state index in [4.69, 9.17) is 9.47 Å².